The van der Waals surface area contributed by atoms with E-state index in [1.807, 2.05) is 12.1 Å². The van der Waals surface area contributed by atoms with Crippen LogP contribution in [0.15, 0.2) is 18.2 Å². The van der Waals surface area contributed by atoms with Gasteiger partial charge in [-0.3, -0.25) is 4.90 Å². The third kappa shape index (κ3) is 3.35. The lowest BCUT2D eigenvalue weighted by Crippen LogP contribution is -2.35. The third-order valence-corrected chi connectivity index (χ3v) is 5.01. The molecule has 0 aliphatic carbocycles. The zero-order valence-electron chi connectivity index (χ0n) is 12.7. The first-order valence-electron chi connectivity index (χ1n) is 7.82. The van der Waals surface area contributed by atoms with Crippen molar-refractivity contribution in [3.63, 3.8) is 0 Å². The molecule has 2 aromatic rings. The highest BCUT2D eigenvalue weighted by atomic mass is 32.2. The van der Waals surface area contributed by atoms with Gasteiger partial charge in [-0.25, -0.2) is 4.98 Å². The molecule has 114 valence electrons. The maximum Gasteiger partial charge on any atom is 0.109 e. The summed E-state index contributed by atoms with van der Waals surface area (Å²) >= 11 is 2.06. The van der Waals surface area contributed by atoms with Crippen LogP contribution in [0.5, 0.6) is 0 Å². The molecule has 1 aliphatic heterocycles. The molecule has 0 amide bonds. The first-order valence-corrected chi connectivity index (χ1v) is 8.98. The Balaban J connectivity index is 1.82. The molecule has 0 saturated carbocycles. The summed E-state index contributed by atoms with van der Waals surface area (Å²) in [4.78, 5) is 7.35. The number of fused-ring (bicyclic) bond motifs is 1. The van der Waals surface area contributed by atoms with Crippen LogP contribution >= 0.6 is 11.8 Å². The van der Waals surface area contributed by atoms with Gasteiger partial charge in [-0.1, -0.05) is 6.92 Å². The van der Waals surface area contributed by atoms with E-state index in [2.05, 4.69) is 34.2 Å². The Morgan fingerprint density at radius 1 is 1.24 bits per heavy atom. The molecule has 0 bridgehead atoms. The molecule has 2 heterocycles. The van der Waals surface area contributed by atoms with E-state index in [4.69, 9.17) is 10.7 Å². The van der Waals surface area contributed by atoms with Gasteiger partial charge in [0.25, 0.3) is 0 Å². The zero-order chi connectivity index (χ0) is 14.7. The molecule has 4 nitrogen and oxygen atoms in total. The molecule has 1 aromatic heterocycles. The number of benzene rings is 1. The Labute approximate surface area is 130 Å². The number of aryl methyl sites for hydroxylation is 1. The number of nitrogens with zero attached hydrogens (tertiary/aromatic N) is 3. The fourth-order valence-electron chi connectivity index (χ4n) is 2.93. The van der Waals surface area contributed by atoms with Gasteiger partial charge in [0.1, 0.15) is 5.82 Å². The van der Waals surface area contributed by atoms with Crippen LogP contribution in [0.1, 0.15) is 19.2 Å². The number of rotatable bonds is 5. The van der Waals surface area contributed by atoms with Crippen molar-refractivity contribution in [2.24, 2.45) is 0 Å². The van der Waals surface area contributed by atoms with Gasteiger partial charge in [-0.05, 0) is 24.6 Å². The van der Waals surface area contributed by atoms with Gasteiger partial charge in [0.15, 0.2) is 0 Å². The number of nitrogen functional groups attached to an aromatic ring is 1. The third-order valence-electron chi connectivity index (χ3n) is 4.07. The lowest BCUT2D eigenvalue weighted by Gasteiger charge is -2.26. The van der Waals surface area contributed by atoms with E-state index in [-0.39, 0.29) is 0 Å². The number of imidazole rings is 1. The van der Waals surface area contributed by atoms with Crippen LogP contribution in [-0.4, -0.2) is 45.6 Å². The van der Waals surface area contributed by atoms with E-state index >= 15 is 0 Å². The fraction of sp³-hybridized carbons (Fsp3) is 0.562. The van der Waals surface area contributed by atoms with Gasteiger partial charge < -0.3 is 10.3 Å². The zero-order valence-corrected chi connectivity index (χ0v) is 13.5. The Morgan fingerprint density at radius 3 is 2.81 bits per heavy atom. The van der Waals surface area contributed by atoms with Gasteiger partial charge in [-0.2, -0.15) is 11.8 Å². The summed E-state index contributed by atoms with van der Waals surface area (Å²) in [6.45, 7) is 6.79. The van der Waals surface area contributed by atoms with Crippen LogP contribution in [-0.2, 0) is 13.0 Å². The lowest BCUT2D eigenvalue weighted by molar-refractivity contribution is 0.289. The van der Waals surface area contributed by atoms with Gasteiger partial charge in [0.05, 0.1) is 11.0 Å². The number of hydrogen-bond donors (Lipinski definition) is 1. The van der Waals surface area contributed by atoms with E-state index in [1.54, 1.807) is 0 Å². The minimum Gasteiger partial charge on any atom is -0.399 e. The molecule has 0 spiro atoms. The minimum atomic E-state index is 0.795. The highest BCUT2D eigenvalue weighted by Crippen LogP contribution is 2.20. The average molecular weight is 304 g/mol. The summed E-state index contributed by atoms with van der Waals surface area (Å²) in [5.74, 6) is 3.73. The van der Waals surface area contributed by atoms with Crippen LogP contribution < -0.4 is 5.73 Å². The van der Waals surface area contributed by atoms with Crippen molar-refractivity contribution in [3.05, 3.63) is 24.0 Å². The second-order valence-corrected chi connectivity index (χ2v) is 6.86. The number of aromatic nitrogens is 2. The number of anilines is 1. The molecule has 1 aromatic carbocycles. The topological polar surface area (TPSA) is 47.1 Å². The fourth-order valence-corrected chi connectivity index (χ4v) is 3.91. The highest BCUT2D eigenvalue weighted by molar-refractivity contribution is 7.99. The largest absolute Gasteiger partial charge is 0.399 e. The van der Waals surface area contributed by atoms with Crippen LogP contribution in [0, 0.1) is 0 Å². The quantitative estimate of drug-likeness (QED) is 0.863. The summed E-state index contributed by atoms with van der Waals surface area (Å²) in [5, 5.41) is 0. The Kier molecular flexibility index (Phi) is 4.70. The standard InChI is InChI=1S/C16H24N4S/c1-2-3-16-18-14-12-13(17)4-5-15(14)20(16)7-6-19-8-10-21-11-9-19/h4-5,12H,2-3,6-11,17H2,1H3. The van der Waals surface area contributed by atoms with Crippen molar-refractivity contribution in [2.75, 3.05) is 36.9 Å². The highest BCUT2D eigenvalue weighted by Gasteiger charge is 2.14. The molecule has 1 saturated heterocycles. The number of thioether (sulfide) groups is 1. The molecule has 0 radical (unpaired) electrons. The summed E-state index contributed by atoms with van der Waals surface area (Å²) in [6, 6.07) is 6.08. The first kappa shape index (κ1) is 14.7. The van der Waals surface area contributed by atoms with Crippen molar-refractivity contribution < 1.29 is 0 Å². The van der Waals surface area contributed by atoms with Gasteiger partial charge in [-0.15, -0.1) is 0 Å². The summed E-state index contributed by atoms with van der Waals surface area (Å²) in [6.07, 6.45) is 2.16. The average Bonchev–Trinajstić information content (AvgIpc) is 2.83. The molecule has 0 atom stereocenters. The van der Waals surface area contributed by atoms with E-state index < -0.39 is 0 Å². The Morgan fingerprint density at radius 2 is 2.05 bits per heavy atom. The monoisotopic (exact) mass is 304 g/mol. The molecule has 1 fully saturated rings. The number of hydrogen-bond acceptors (Lipinski definition) is 4. The molecule has 0 unspecified atom stereocenters. The van der Waals surface area contributed by atoms with Gasteiger partial charge in [0.2, 0.25) is 0 Å². The van der Waals surface area contributed by atoms with Crippen LogP contribution in [0.4, 0.5) is 5.69 Å². The smallest absolute Gasteiger partial charge is 0.109 e. The van der Waals surface area contributed by atoms with Gasteiger partial charge in [0, 0.05) is 49.8 Å². The van der Waals surface area contributed by atoms with E-state index in [0.717, 1.165) is 37.1 Å². The minimum absolute atomic E-state index is 0.795. The summed E-state index contributed by atoms with van der Waals surface area (Å²) in [5.41, 5.74) is 8.94. The summed E-state index contributed by atoms with van der Waals surface area (Å²) < 4.78 is 2.39. The Bertz CT molecular complexity index is 602. The first-order chi connectivity index (χ1) is 10.3. The van der Waals surface area contributed by atoms with Crippen molar-refractivity contribution in [3.8, 4) is 0 Å². The Hall–Kier alpha value is -1.20. The van der Waals surface area contributed by atoms with Crippen LogP contribution in [0.3, 0.4) is 0 Å². The predicted molar refractivity (Wildman–Crippen MR) is 91.9 cm³/mol. The van der Waals surface area contributed by atoms with E-state index in [1.165, 1.54) is 35.9 Å². The normalized spacial score (nSPS) is 16.6. The molecular formula is C16H24N4S. The molecule has 2 N–H and O–H groups in total. The van der Waals surface area contributed by atoms with Crippen molar-refractivity contribution >= 4 is 28.5 Å². The van der Waals surface area contributed by atoms with Crippen molar-refractivity contribution in [2.45, 2.75) is 26.3 Å². The maximum atomic E-state index is 5.89. The molecule has 5 heteroatoms. The molecular weight excluding hydrogens is 280 g/mol. The maximum absolute atomic E-state index is 5.89. The van der Waals surface area contributed by atoms with E-state index in [0.29, 0.717) is 0 Å². The SMILES string of the molecule is CCCc1nc2cc(N)ccc2n1CCN1CCSCC1. The van der Waals surface area contributed by atoms with Crippen molar-refractivity contribution in [1.82, 2.24) is 14.5 Å². The van der Waals surface area contributed by atoms with Crippen LogP contribution in [0.25, 0.3) is 11.0 Å². The lowest BCUT2D eigenvalue weighted by atomic mass is 10.3. The summed E-state index contributed by atoms with van der Waals surface area (Å²) in [7, 11) is 0. The van der Waals surface area contributed by atoms with Gasteiger partial charge >= 0.3 is 0 Å². The van der Waals surface area contributed by atoms with Crippen LogP contribution in [0.2, 0.25) is 0 Å². The van der Waals surface area contributed by atoms with Crippen molar-refractivity contribution in [1.29, 1.82) is 0 Å². The predicted octanol–water partition coefficient (Wildman–Crippen LogP) is 2.62. The number of nitrogens with two attached hydrogens (primary N) is 1. The molecule has 3 rings (SSSR count). The second-order valence-electron chi connectivity index (χ2n) is 5.63. The second kappa shape index (κ2) is 6.71. The molecule has 21 heavy (non-hydrogen) atoms. The van der Waals surface area contributed by atoms with E-state index in [9.17, 15) is 0 Å². The molecule has 1 aliphatic rings.